The summed E-state index contributed by atoms with van der Waals surface area (Å²) >= 11 is 0. The topological polar surface area (TPSA) is 76.8 Å². The predicted molar refractivity (Wildman–Crippen MR) is 109 cm³/mol. The number of H-pyrrole nitrogens is 1. The van der Waals surface area contributed by atoms with Crippen molar-refractivity contribution in [1.82, 2.24) is 15.2 Å². The molecule has 25 heavy (non-hydrogen) atoms. The van der Waals surface area contributed by atoms with Crippen LogP contribution in [0, 0.1) is 0 Å². The molecule has 8 heteroatoms. The van der Waals surface area contributed by atoms with Crippen LogP contribution in [0.1, 0.15) is 26.3 Å². The average molecular weight is 406 g/mol. The van der Waals surface area contributed by atoms with Crippen molar-refractivity contribution >= 4 is 48.1 Å². The Labute approximate surface area is 166 Å². The van der Waals surface area contributed by atoms with Crippen molar-refractivity contribution in [3.05, 3.63) is 42.2 Å². The van der Waals surface area contributed by atoms with Gasteiger partial charge in [-0.2, -0.15) is 5.10 Å². The summed E-state index contributed by atoms with van der Waals surface area (Å²) in [7, 11) is 0. The molecular formula is C17H23Cl3N4O. The van der Waals surface area contributed by atoms with Crippen LogP contribution in [-0.4, -0.2) is 21.8 Å². The van der Waals surface area contributed by atoms with Crippen molar-refractivity contribution in [1.29, 1.82) is 0 Å². The lowest BCUT2D eigenvalue weighted by Gasteiger charge is -2.19. The predicted octanol–water partition coefficient (Wildman–Crippen LogP) is 4.48. The van der Waals surface area contributed by atoms with Gasteiger partial charge in [0.25, 0.3) is 0 Å². The highest BCUT2D eigenvalue weighted by Crippen LogP contribution is 2.35. The third-order valence-electron chi connectivity index (χ3n) is 3.65. The number of pyridine rings is 1. The summed E-state index contributed by atoms with van der Waals surface area (Å²) in [6.07, 6.45) is 3.60. The van der Waals surface area contributed by atoms with Gasteiger partial charge in [0.15, 0.2) is 0 Å². The Morgan fingerprint density at radius 1 is 1.08 bits per heavy atom. The van der Waals surface area contributed by atoms with Gasteiger partial charge < -0.3 is 10.5 Å². The molecule has 0 aliphatic rings. The number of rotatable bonds is 4. The molecule has 0 fully saturated rings. The van der Waals surface area contributed by atoms with Crippen LogP contribution in [0.5, 0.6) is 5.75 Å². The van der Waals surface area contributed by atoms with Crippen LogP contribution in [0.3, 0.4) is 0 Å². The molecule has 0 unspecified atom stereocenters. The van der Waals surface area contributed by atoms with E-state index >= 15 is 0 Å². The maximum absolute atomic E-state index is 6.11. The normalized spacial score (nSPS) is 10.4. The minimum Gasteiger partial charge on any atom is -0.492 e. The second-order valence-electron chi connectivity index (χ2n) is 5.86. The van der Waals surface area contributed by atoms with E-state index < -0.39 is 5.54 Å². The van der Waals surface area contributed by atoms with E-state index in [1.165, 1.54) is 0 Å². The van der Waals surface area contributed by atoms with Gasteiger partial charge >= 0.3 is 0 Å². The lowest BCUT2D eigenvalue weighted by Crippen LogP contribution is -2.28. The highest BCUT2D eigenvalue weighted by Gasteiger charge is 2.16. The van der Waals surface area contributed by atoms with E-state index in [1.807, 2.05) is 51.2 Å². The van der Waals surface area contributed by atoms with Crippen LogP contribution < -0.4 is 10.5 Å². The Morgan fingerprint density at radius 2 is 1.80 bits per heavy atom. The molecule has 0 amide bonds. The van der Waals surface area contributed by atoms with Gasteiger partial charge in [0.1, 0.15) is 5.75 Å². The third kappa shape index (κ3) is 4.76. The Kier molecular flexibility index (Phi) is 8.68. The SMILES string of the molecule is CCOc1c(-c2ccc(C(C)(C)N)cn2)ccc2[nH]ncc12.Cl.Cl.Cl. The first-order chi connectivity index (χ1) is 10.5. The molecule has 0 saturated carbocycles. The first kappa shape index (κ1) is 23.5. The number of benzene rings is 1. The minimum absolute atomic E-state index is 0. The highest BCUT2D eigenvalue weighted by atomic mass is 35.5. The molecule has 1 aromatic carbocycles. The molecule has 5 nitrogen and oxygen atoms in total. The highest BCUT2D eigenvalue weighted by molar-refractivity contribution is 5.92. The number of nitrogens with zero attached hydrogens (tertiary/aromatic N) is 2. The molecule has 0 saturated heterocycles. The number of fused-ring (bicyclic) bond motifs is 1. The zero-order valence-electron chi connectivity index (χ0n) is 14.3. The fraction of sp³-hybridized carbons (Fsp3) is 0.294. The Bertz CT molecular complexity index is 798. The third-order valence-corrected chi connectivity index (χ3v) is 3.65. The largest absolute Gasteiger partial charge is 0.492 e. The molecule has 3 N–H and O–H groups in total. The van der Waals surface area contributed by atoms with E-state index in [0.29, 0.717) is 6.61 Å². The van der Waals surface area contributed by atoms with Crippen molar-refractivity contribution in [2.24, 2.45) is 5.73 Å². The number of nitrogens with two attached hydrogens (primary N) is 1. The smallest absolute Gasteiger partial charge is 0.139 e. The molecule has 3 aromatic rings. The van der Waals surface area contributed by atoms with Gasteiger partial charge in [0.05, 0.1) is 29.4 Å². The van der Waals surface area contributed by atoms with Gasteiger partial charge in [-0.05, 0) is 44.5 Å². The summed E-state index contributed by atoms with van der Waals surface area (Å²) in [6, 6.07) is 7.98. The van der Waals surface area contributed by atoms with Gasteiger partial charge in [-0.1, -0.05) is 6.07 Å². The number of hydrogen-bond acceptors (Lipinski definition) is 4. The van der Waals surface area contributed by atoms with Crippen LogP contribution in [0.2, 0.25) is 0 Å². The molecule has 0 aliphatic carbocycles. The second kappa shape index (κ2) is 9.25. The van der Waals surface area contributed by atoms with Crippen molar-refractivity contribution in [2.75, 3.05) is 6.61 Å². The monoisotopic (exact) mass is 404 g/mol. The van der Waals surface area contributed by atoms with Crippen LogP contribution >= 0.6 is 37.2 Å². The molecule has 0 atom stereocenters. The number of hydrogen-bond donors (Lipinski definition) is 2. The summed E-state index contributed by atoms with van der Waals surface area (Å²) in [4.78, 5) is 4.56. The molecule has 138 valence electrons. The van der Waals surface area contributed by atoms with Gasteiger partial charge in [-0.15, -0.1) is 37.2 Å². The molecule has 0 radical (unpaired) electrons. The summed E-state index contributed by atoms with van der Waals surface area (Å²) in [6.45, 7) is 6.49. The van der Waals surface area contributed by atoms with E-state index in [2.05, 4.69) is 15.2 Å². The van der Waals surface area contributed by atoms with E-state index in [1.54, 1.807) is 6.20 Å². The maximum atomic E-state index is 6.11. The van der Waals surface area contributed by atoms with E-state index in [9.17, 15) is 0 Å². The lowest BCUT2D eigenvalue weighted by molar-refractivity contribution is 0.345. The number of aromatic nitrogens is 3. The Hall–Kier alpha value is -1.53. The summed E-state index contributed by atoms with van der Waals surface area (Å²) in [5.41, 5.74) is 9.47. The average Bonchev–Trinajstić information content (AvgIpc) is 2.96. The zero-order valence-corrected chi connectivity index (χ0v) is 16.7. The van der Waals surface area contributed by atoms with Crippen LogP contribution in [0.4, 0.5) is 0 Å². The van der Waals surface area contributed by atoms with E-state index in [0.717, 1.165) is 33.5 Å². The van der Waals surface area contributed by atoms with Crippen LogP contribution in [-0.2, 0) is 5.54 Å². The zero-order chi connectivity index (χ0) is 15.7. The summed E-state index contributed by atoms with van der Waals surface area (Å²) in [5, 5.41) is 8.00. The van der Waals surface area contributed by atoms with Gasteiger partial charge in [0, 0.05) is 17.3 Å². The van der Waals surface area contributed by atoms with Gasteiger partial charge in [-0.25, -0.2) is 0 Å². The maximum Gasteiger partial charge on any atom is 0.139 e. The van der Waals surface area contributed by atoms with Crippen LogP contribution in [0.15, 0.2) is 36.7 Å². The molecule has 2 heterocycles. The fourth-order valence-electron chi connectivity index (χ4n) is 2.43. The minimum atomic E-state index is -0.400. The summed E-state index contributed by atoms with van der Waals surface area (Å²) < 4.78 is 5.84. The Balaban J connectivity index is 0.00000192. The second-order valence-corrected chi connectivity index (χ2v) is 5.86. The number of aromatic amines is 1. The van der Waals surface area contributed by atoms with Gasteiger partial charge in [-0.3, -0.25) is 10.1 Å². The first-order valence-electron chi connectivity index (χ1n) is 7.35. The quantitative estimate of drug-likeness (QED) is 0.671. The standard InChI is InChI=1S/C17H20N4O.3ClH/c1-4-22-16-12(6-8-15-13(16)10-20-21-15)14-7-5-11(9-19-14)17(2,3)18;;;/h5-10H,4,18H2,1-3H3,(H,20,21);3*1H. The Morgan fingerprint density at radius 3 is 2.36 bits per heavy atom. The molecule has 0 aliphatic heterocycles. The van der Waals surface area contributed by atoms with E-state index in [4.69, 9.17) is 10.5 Å². The number of ether oxygens (including phenoxy) is 1. The molecule has 0 spiro atoms. The van der Waals surface area contributed by atoms with Crippen molar-refractivity contribution in [3.8, 4) is 17.0 Å². The van der Waals surface area contributed by atoms with E-state index in [-0.39, 0.29) is 37.2 Å². The molecule has 0 bridgehead atoms. The van der Waals surface area contributed by atoms with Crippen molar-refractivity contribution in [3.63, 3.8) is 0 Å². The molecule has 3 rings (SSSR count). The van der Waals surface area contributed by atoms with Gasteiger partial charge in [0.2, 0.25) is 0 Å². The van der Waals surface area contributed by atoms with Crippen LogP contribution in [0.25, 0.3) is 22.2 Å². The molecular weight excluding hydrogens is 383 g/mol. The summed E-state index contributed by atoms with van der Waals surface area (Å²) in [5.74, 6) is 0.806. The fourth-order valence-corrected chi connectivity index (χ4v) is 2.43. The number of halogens is 3. The first-order valence-corrected chi connectivity index (χ1v) is 7.35. The van der Waals surface area contributed by atoms with Crippen molar-refractivity contribution in [2.45, 2.75) is 26.3 Å². The van der Waals surface area contributed by atoms with Crippen molar-refractivity contribution < 1.29 is 4.74 Å². The number of nitrogens with one attached hydrogen (secondary N) is 1. The lowest BCUT2D eigenvalue weighted by atomic mass is 9.96. The molecule has 2 aromatic heterocycles.